The Kier molecular flexibility index (Phi) is 4.21. The highest BCUT2D eigenvalue weighted by molar-refractivity contribution is 6.40. The summed E-state index contributed by atoms with van der Waals surface area (Å²) in [7, 11) is 0. The van der Waals surface area contributed by atoms with Gasteiger partial charge in [0.1, 0.15) is 6.10 Å². The monoisotopic (exact) mass is 227 g/mol. The summed E-state index contributed by atoms with van der Waals surface area (Å²) in [5.41, 5.74) is -0.670. The van der Waals surface area contributed by atoms with Gasteiger partial charge in [-0.2, -0.15) is 0 Å². The zero-order valence-electron chi connectivity index (χ0n) is 10.2. The van der Waals surface area contributed by atoms with Gasteiger partial charge in [0, 0.05) is 11.5 Å². The number of hydrogen-bond donors (Lipinski definition) is 2. The number of hydrogen-bond acceptors (Lipinski definition) is 4. The molecule has 16 heavy (non-hydrogen) atoms. The molecule has 92 valence electrons. The third kappa shape index (κ3) is 2.68. The number of ketones is 2. The molecule has 0 bridgehead atoms. The molecule has 4 heteroatoms. The number of carbonyl (C=O) groups excluding carboxylic acids is 2. The van der Waals surface area contributed by atoms with E-state index in [1.54, 1.807) is 13.8 Å². The molecule has 0 aromatic carbocycles. The molecule has 2 N–H and O–H groups in total. The maximum atomic E-state index is 11.9. The lowest BCUT2D eigenvalue weighted by Crippen LogP contribution is -2.46. The molecular weight excluding hydrogens is 206 g/mol. The molecule has 0 aliphatic carbocycles. The van der Waals surface area contributed by atoms with Crippen molar-refractivity contribution < 1.29 is 14.7 Å². The molecule has 2 unspecified atom stereocenters. The maximum absolute atomic E-state index is 11.9. The summed E-state index contributed by atoms with van der Waals surface area (Å²) in [6.45, 7) is 6.15. The molecule has 0 amide bonds. The van der Waals surface area contributed by atoms with Crippen LogP contribution in [0.4, 0.5) is 0 Å². The van der Waals surface area contributed by atoms with E-state index in [4.69, 9.17) is 0 Å². The first-order chi connectivity index (χ1) is 7.40. The van der Waals surface area contributed by atoms with Crippen LogP contribution in [0.3, 0.4) is 0 Å². The minimum absolute atomic E-state index is 0.246. The van der Waals surface area contributed by atoms with Gasteiger partial charge < -0.3 is 10.4 Å². The fourth-order valence-corrected chi connectivity index (χ4v) is 1.79. The van der Waals surface area contributed by atoms with Crippen LogP contribution in [0.15, 0.2) is 0 Å². The van der Waals surface area contributed by atoms with Gasteiger partial charge >= 0.3 is 0 Å². The highest BCUT2D eigenvalue weighted by atomic mass is 16.3. The fraction of sp³-hybridized carbons (Fsp3) is 0.833. The summed E-state index contributed by atoms with van der Waals surface area (Å²) in [5, 5.41) is 12.9. The first-order valence-corrected chi connectivity index (χ1v) is 5.90. The van der Waals surface area contributed by atoms with E-state index < -0.39 is 23.1 Å². The molecule has 1 heterocycles. The minimum Gasteiger partial charge on any atom is -0.383 e. The van der Waals surface area contributed by atoms with Crippen LogP contribution >= 0.6 is 0 Å². The molecule has 1 aliphatic heterocycles. The third-order valence-electron chi connectivity index (χ3n) is 3.47. The SMILES string of the molecule is CCC(C)(C)C(=O)C(=O)C(O)C1CCCN1. The van der Waals surface area contributed by atoms with Gasteiger partial charge in [0.15, 0.2) is 0 Å². The number of carbonyl (C=O) groups is 2. The van der Waals surface area contributed by atoms with Crippen molar-refractivity contribution in [2.75, 3.05) is 6.54 Å². The number of nitrogens with one attached hydrogen (secondary N) is 1. The van der Waals surface area contributed by atoms with Crippen molar-refractivity contribution >= 4 is 11.6 Å². The summed E-state index contributed by atoms with van der Waals surface area (Å²) in [4.78, 5) is 23.7. The lowest BCUT2D eigenvalue weighted by molar-refractivity contribution is -0.147. The first-order valence-electron chi connectivity index (χ1n) is 5.90. The molecule has 0 saturated carbocycles. The van der Waals surface area contributed by atoms with Crippen LogP contribution in [0.2, 0.25) is 0 Å². The molecule has 1 rings (SSSR count). The Labute approximate surface area is 96.4 Å². The number of aliphatic hydroxyl groups excluding tert-OH is 1. The largest absolute Gasteiger partial charge is 0.383 e. The van der Waals surface area contributed by atoms with Gasteiger partial charge in [0.2, 0.25) is 11.6 Å². The molecule has 0 spiro atoms. The molecule has 0 aromatic rings. The van der Waals surface area contributed by atoms with E-state index in [2.05, 4.69) is 5.32 Å². The molecule has 1 aliphatic rings. The number of rotatable bonds is 5. The summed E-state index contributed by atoms with van der Waals surface area (Å²) < 4.78 is 0. The zero-order chi connectivity index (χ0) is 12.3. The summed E-state index contributed by atoms with van der Waals surface area (Å²) in [6.07, 6.45) is 1.12. The maximum Gasteiger partial charge on any atom is 0.228 e. The van der Waals surface area contributed by atoms with Crippen LogP contribution in [-0.2, 0) is 9.59 Å². The Morgan fingerprint density at radius 3 is 2.56 bits per heavy atom. The highest BCUT2D eigenvalue weighted by Crippen LogP contribution is 2.23. The number of aliphatic hydroxyl groups is 1. The Hall–Kier alpha value is -0.740. The fourth-order valence-electron chi connectivity index (χ4n) is 1.79. The molecule has 0 radical (unpaired) electrons. The van der Waals surface area contributed by atoms with E-state index in [0.29, 0.717) is 6.42 Å². The van der Waals surface area contributed by atoms with Crippen LogP contribution in [0.25, 0.3) is 0 Å². The topological polar surface area (TPSA) is 66.4 Å². The Morgan fingerprint density at radius 1 is 1.50 bits per heavy atom. The van der Waals surface area contributed by atoms with Crippen molar-refractivity contribution in [2.24, 2.45) is 5.41 Å². The molecule has 1 saturated heterocycles. The average molecular weight is 227 g/mol. The van der Waals surface area contributed by atoms with Crippen LogP contribution in [0, 0.1) is 5.41 Å². The van der Waals surface area contributed by atoms with E-state index in [1.165, 1.54) is 0 Å². The van der Waals surface area contributed by atoms with E-state index in [0.717, 1.165) is 19.4 Å². The standard InChI is InChI=1S/C12H21NO3/c1-4-12(2,3)11(16)10(15)9(14)8-6-5-7-13-8/h8-9,13-14H,4-7H2,1-3H3. The molecule has 1 fully saturated rings. The smallest absolute Gasteiger partial charge is 0.228 e. The highest BCUT2D eigenvalue weighted by Gasteiger charge is 2.38. The van der Waals surface area contributed by atoms with E-state index >= 15 is 0 Å². The molecular formula is C12H21NO3. The lowest BCUT2D eigenvalue weighted by Gasteiger charge is -2.23. The second kappa shape index (κ2) is 5.06. The van der Waals surface area contributed by atoms with Crippen molar-refractivity contribution in [3.8, 4) is 0 Å². The molecule has 2 atom stereocenters. The van der Waals surface area contributed by atoms with Crippen molar-refractivity contribution in [3.63, 3.8) is 0 Å². The van der Waals surface area contributed by atoms with Gasteiger partial charge in [-0.1, -0.05) is 20.8 Å². The minimum atomic E-state index is -1.18. The zero-order valence-corrected chi connectivity index (χ0v) is 10.2. The Balaban J connectivity index is 2.66. The van der Waals surface area contributed by atoms with Crippen LogP contribution < -0.4 is 5.32 Å². The summed E-state index contributed by atoms with van der Waals surface area (Å²) in [6, 6.07) is -0.246. The van der Waals surface area contributed by atoms with E-state index in [-0.39, 0.29) is 6.04 Å². The second-order valence-electron chi connectivity index (χ2n) is 5.08. The quantitative estimate of drug-likeness (QED) is 0.678. The second-order valence-corrected chi connectivity index (χ2v) is 5.08. The summed E-state index contributed by atoms with van der Waals surface area (Å²) >= 11 is 0. The van der Waals surface area contributed by atoms with Crippen LogP contribution in [0.5, 0.6) is 0 Å². The van der Waals surface area contributed by atoms with Gasteiger partial charge in [-0.05, 0) is 25.8 Å². The first kappa shape index (κ1) is 13.3. The lowest BCUT2D eigenvalue weighted by atomic mass is 9.81. The number of Topliss-reactive ketones (excluding diaryl/α,β-unsaturated/α-hetero) is 2. The van der Waals surface area contributed by atoms with Gasteiger partial charge in [-0.15, -0.1) is 0 Å². The van der Waals surface area contributed by atoms with Crippen molar-refractivity contribution in [3.05, 3.63) is 0 Å². The average Bonchev–Trinajstić information content (AvgIpc) is 2.79. The Morgan fingerprint density at radius 2 is 2.12 bits per heavy atom. The van der Waals surface area contributed by atoms with E-state index in [9.17, 15) is 14.7 Å². The van der Waals surface area contributed by atoms with Crippen molar-refractivity contribution in [1.82, 2.24) is 5.32 Å². The Bertz CT molecular complexity index is 280. The normalized spacial score (nSPS) is 23.1. The predicted molar refractivity (Wildman–Crippen MR) is 61.1 cm³/mol. The molecule has 0 aromatic heterocycles. The molecule has 4 nitrogen and oxygen atoms in total. The van der Waals surface area contributed by atoms with Crippen LogP contribution in [0.1, 0.15) is 40.0 Å². The van der Waals surface area contributed by atoms with Crippen molar-refractivity contribution in [2.45, 2.75) is 52.2 Å². The van der Waals surface area contributed by atoms with Crippen LogP contribution in [-0.4, -0.2) is 35.4 Å². The van der Waals surface area contributed by atoms with Crippen molar-refractivity contribution in [1.29, 1.82) is 0 Å². The summed E-state index contributed by atoms with van der Waals surface area (Å²) in [5.74, 6) is -1.11. The van der Waals surface area contributed by atoms with Gasteiger partial charge in [0.05, 0.1) is 0 Å². The van der Waals surface area contributed by atoms with E-state index in [1.807, 2.05) is 6.92 Å². The van der Waals surface area contributed by atoms with Gasteiger partial charge in [0.25, 0.3) is 0 Å². The van der Waals surface area contributed by atoms with Gasteiger partial charge in [-0.25, -0.2) is 0 Å². The van der Waals surface area contributed by atoms with Gasteiger partial charge in [-0.3, -0.25) is 9.59 Å². The third-order valence-corrected chi connectivity index (χ3v) is 3.47. The predicted octanol–water partition coefficient (Wildman–Crippen LogP) is 0.674.